The Balaban J connectivity index is 1.83. The van der Waals surface area contributed by atoms with Crippen LogP contribution in [0.4, 0.5) is 0 Å². The quantitative estimate of drug-likeness (QED) is 0.794. The van der Waals surface area contributed by atoms with Gasteiger partial charge in [-0.2, -0.15) is 0 Å². The summed E-state index contributed by atoms with van der Waals surface area (Å²) < 4.78 is 0. The van der Waals surface area contributed by atoms with Crippen LogP contribution >= 0.6 is 0 Å². The number of allylic oxidation sites excluding steroid dienone is 1. The van der Waals surface area contributed by atoms with E-state index in [-0.39, 0.29) is 6.10 Å². The van der Waals surface area contributed by atoms with E-state index in [9.17, 15) is 5.11 Å². The molecular weight excluding hydrogens is 236 g/mol. The molecule has 2 saturated heterocycles. The molecule has 2 atom stereocenters. The molecule has 3 heteroatoms. The zero-order valence-corrected chi connectivity index (χ0v) is 12.6. The summed E-state index contributed by atoms with van der Waals surface area (Å²) in [7, 11) is 0. The van der Waals surface area contributed by atoms with E-state index in [4.69, 9.17) is 0 Å². The molecule has 0 radical (unpaired) electrons. The highest BCUT2D eigenvalue weighted by atomic mass is 16.3. The Labute approximate surface area is 118 Å². The van der Waals surface area contributed by atoms with Crippen LogP contribution in [0.2, 0.25) is 0 Å². The zero-order chi connectivity index (χ0) is 13.7. The maximum atomic E-state index is 10.4. The number of aliphatic hydroxyl groups is 1. The number of hydrogen-bond donors (Lipinski definition) is 1. The van der Waals surface area contributed by atoms with Crippen LogP contribution in [0.1, 0.15) is 46.0 Å². The Morgan fingerprint density at radius 1 is 1.11 bits per heavy atom. The maximum Gasteiger partial charge on any atom is 0.0822 e. The van der Waals surface area contributed by atoms with E-state index >= 15 is 0 Å². The molecule has 19 heavy (non-hydrogen) atoms. The monoisotopic (exact) mass is 266 g/mol. The van der Waals surface area contributed by atoms with Crippen molar-refractivity contribution >= 4 is 0 Å². The predicted octanol–water partition coefficient (Wildman–Crippen LogP) is 2.26. The van der Waals surface area contributed by atoms with Crippen LogP contribution < -0.4 is 0 Å². The van der Waals surface area contributed by atoms with Gasteiger partial charge < -0.3 is 5.11 Å². The summed E-state index contributed by atoms with van der Waals surface area (Å²) in [6.07, 6.45) is 8.57. The highest BCUT2D eigenvalue weighted by molar-refractivity contribution is 4.97. The van der Waals surface area contributed by atoms with Crippen molar-refractivity contribution in [3.8, 4) is 0 Å². The highest BCUT2D eigenvalue weighted by Gasteiger charge is 2.31. The molecule has 110 valence electrons. The first-order chi connectivity index (χ1) is 9.16. The Morgan fingerprint density at radius 2 is 1.79 bits per heavy atom. The van der Waals surface area contributed by atoms with Crippen LogP contribution in [-0.4, -0.2) is 59.8 Å². The molecule has 3 nitrogen and oxygen atoms in total. The van der Waals surface area contributed by atoms with Crippen LogP contribution in [0.3, 0.4) is 0 Å². The summed E-state index contributed by atoms with van der Waals surface area (Å²) in [5.74, 6) is 0. The zero-order valence-electron chi connectivity index (χ0n) is 12.6. The topological polar surface area (TPSA) is 26.7 Å². The van der Waals surface area contributed by atoms with Crippen molar-refractivity contribution in [1.82, 2.24) is 9.80 Å². The van der Waals surface area contributed by atoms with Crippen molar-refractivity contribution in [3.63, 3.8) is 0 Å². The number of hydrogen-bond acceptors (Lipinski definition) is 3. The molecule has 0 aromatic heterocycles. The minimum absolute atomic E-state index is 0.169. The van der Waals surface area contributed by atoms with Gasteiger partial charge in [0.1, 0.15) is 0 Å². The number of piperidine rings is 1. The van der Waals surface area contributed by atoms with Crippen LogP contribution in [0.15, 0.2) is 11.6 Å². The van der Waals surface area contributed by atoms with Gasteiger partial charge in [-0.05, 0) is 46.2 Å². The second kappa shape index (κ2) is 7.41. The SMILES string of the molecule is CC(C)=CCN1CC[C@@H](N2CCCCCC2)[C@H](O)C1. The lowest BCUT2D eigenvalue weighted by Crippen LogP contribution is -2.54. The minimum atomic E-state index is -0.169. The van der Waals surface area contributed by atoms with Crippen LogP contribution in [0, 0.1) is 0 Å². The Bertz CT molecular complexity index is 291. The van der Waals surface area contributed by atoms with Gasteiger partial charge in [0.05, 0.1) is 6.10 Å². The lowest BCUT2D eigenvalue weighted by atomic mass is 9.99. The molecule has 0 aromatic carbocycles. The molecule has 0 bridgehead atoms. The molecule has 2 aliphatic rings. The van der Waals surface area contributed by atoms with E-state index in [2.05, 4.69) is 29.7 Å². The third-order valence-corrected chi connectivity index (χ3v) is 4.50. The molecule has 2 aliphatic heterocycles. The molecule has 0 saturated carbocycles. The van der Waals surface area contributed by atoms with Crippen LogP contribution in [0.5, 0.6) is 0 Å². The lowest BCUT2D eigenvalue weighted by Gasteiger charge is -2.41. The molecule has 0 amide bonds. The highest BCUT2D eigenvalue weighted by Crippen LogP contribution is 2.21. The van der Waals surface area contributed by atoms with Gasteiger partial charge in [0.15, 0.2) is 0 Å². The Hall–Kier alpha value is -0.380. The van der Waals surface area contributed by atoms with Gasteiger partial charge in [0.2, 0.25) is 0 Å². The van der Waals surface area contributed by atoms with Crippen molar-refractivity contribution in [2.45, 2.75) is 58.1 Å². The second-order valence-electron chi connectivity index (χ2n) is 6.41. The van der Waals surface area contributed by atoms with Gasteiger partial charge >= 0.3 is 0 Å². The fourth-order valence-corrected chi connectivity index (χ4v) is 3.31. The van der Waals surface area contributed by atoms with Gasteiger partial charge in [-0.15, -0.1) is 0 Å². The fourth-order valence-electron chi connectivity index (χ4n) is 3.31. The van der Waals surface area contributed by atoms with E-state index in [0.29, 0.717) is 6.04 Å². The number of aliphatic hydroxyl groups excluding tert-OH is 1. The second-order valence-corrected chi connectivity index (χ2v) is 6.41. The minimum Gasteiger partial charge on any atom is -0.390 e. The van der Waals surface area contributed by atoms with Gasteiger partial charge in [-0.25, -0.2) is 0 Å². The maximum absolute atomic E-state index is 10.4. The van der Waals surface area contributed by atoms with Crippen molar-refractivity contribution in [2.75, 3.05) is 32.7 Å². The van der Waals surface area contributed by atoms with E-state index < -0.39 is 0 Å². The molecule has 1 N–H and O–H groups in total. The van der Waals surface area contributed by atoms with E-state index in [1.54, 1.807) is 0 Å². The van der Waals surface area contributed by atoms with Gasteiger partial charge in [-0.3, -0.25) is 9.80 Å². The Kier molecular flexibility index (Phi) is 5.86. The fraction of sp³-hybridized carbons (Fsp3) is 0.875. The number of rotatable bonds is 3. The lowest BCUT2D eigenvalue weighted by molar-refractivity contribution is -0.00874. The first-order valence-corrected chi connectivity index (χ1v) is 7.94. The van der Waals surface area contributed by atoms with Crippen molar-refractivity contribution < 1.29 is 5.11 Å². The Morgan fingerprint density at radius 3 is 2.37 bits per heavy atom. The third kappa shape index (κ3) is 4.59. The first-order valence-electron chi connectivity index (χ1n) is 7.94. The standard InChI is InChI=1S/C16H30N2O/c1-14(2)7-11-17-12-8-15(16(19)13-17)18-9-5-3-4-6-10-18/h7,15-16,19H,3-6,8-13H2,1-2H3/t15-,16-/m1/s1. The van der Waals surface area contributed by atoms with E-state index in [1.807, 2.05) is 0 Å². The summed E-state index contributed by atoms with van der Waals surface area (Å²) in [6, 6.07) is 0.404. The molecule has 2 fully saturated rings. The summed E-state index contributed by atoms with van der Waals surface area (Å²) in [4.78, 5) is 4.93. The van der Waals surface area contributed by atoms with Gasteiger partial charge in [0, 0.05) is 25.7 Å². The van der Waals surface area contributed by atoms with E-state index in [1.165, 1.54) is 44.3 Å². The summed E-state index contributed by atoms with van der Waals surface area (Å²) in [5.41, 5.74) is 1.36. The summed E-state index contributed by atoms with van der Waals surface area (Å²) >= 11 is 0. The molecular formula is C16H30N2O. The molecule has 0 unspecified atom stereocenters. The average molecular weight is 266 g/mol. The van der Waals surface area contributed by atoms with Crippen LogP contribution in [-0.2, 0) is 0 Å². The molecule has 2 heterocycles. The number of nitrogens with zero attached hydrogens (tertiary/aromatic N) is 2. The number of β-amino-alcohol motifs (C(OH)–C–C–N with tert-alkyl or cyclic N) is 1. The van der Waals surface area contributed by atoms with Crippen molar-refractivity contribution in [1.29, 1.82) is 0 Å². The van der Waals surface area contributed by atoms with Gasteiger partial charge in [-0.1, -0.05) is 24.5 Å². The van der Waals surface area contributed by atoms with Crippen molar-refractivity contribution in [3.05, 3.63) is 11.6 Å². The normalized spacial score (nSPS) is 30.9. The third-order valence-electron chi connectivity index (χ3n) is 4.50. The molecule has 2 rings (SSSR count). The van der Waals surface area contributed by atoms with Crippen LogP contribution in [0.25, 0.3) is 0 Å². The molecule has 0 aromatic rings. The predicted molar refractivity (Wildman–Crippen MR) is 80.3 cm³/mol. The molecule has 0 spiro atoms. The summed E-state index contributed by atoms with van der Waals surface area (Å²) in [6.45, 7) is 9.62. The number of likely N-dealkylation sites (tertiary alicyclic amines) is 2. The van der Waals surface area contributed by atoms with Gasteiger partial charge in [0.25, 0.3) is 0 Å². The average Bonchev–Trinajstić information content (AvgIpc) is 2.65. The first kappa shape index (κ1) is 15.0. The summed E-state index contributed by atoms with van der Waals surface area (Å²) in [5, 5.41) is 10.4. The largest absolute Gasteiger partial charge is 0.390 e. The van der Waals surface area contributed by atoms with Crippen molar-refractivity contribution in [2.24, 2.45) is 0 Å². The smallest absolute Gasteiger partial charge is 0.0822 e. The van der Waals surface area contributed by atoms with E-state index in [0.717, 1.165) is 26.1 Å². The molecule has 0 aliphatic carbocycles.